The Bertz CT molecular complexity index is 894. The third-order valence-corrected chi connectivity index (χ3v) is 5.62. The van der Waals surface area contributed by atoms with E-state index < -0.39 is 10.0 Å². The van der Waals surface area contributed by atoms with Crippen molar-refractivity contribution in [3.63, 3.8) is 0 Å². The van der Waals surface area contributed by atoms with Gasteiger partial charge < -0.3 is 10.1 Å². The number of methoxy groups -OCH3 is 1. The Morgan fingerprint density at radius 1 is 1.16 bits per heavy atom. The highest BCUT2D eigenvalue weighted by Gasteiger charge is 2.19. The van der Waals surface area contributed by atoms with Gasteiger partial charge in [0.05, 0.1) is 12.0 Å². The van der Waals surface area contributed by atoms with Crippen LogP contribution in [0, 0.1) is 0 Å². The van der Waals surface area contributed by atoms with E-state index in [2.05, 4.69) is 10.0 Å². The Labute approximate surface area is 147 Å². The predicted octanol–water partition coefficient (Wildman–Crippen LogP) is 2.10. The van der Waals surface area contributed by atoms with Gasteiger partial charge in [-0.05, 0) is 48.2 Å². The van der Waals surface area contributed by atoms with E-state index in [0.29, 0.717) is 24.9 Å². The second kappa shape index (κ2) is 7.25. The van der Waals surface area contributed by atoms with Crippen LogP contribution in [-0.2, 0) is 27.7 Å². The van der Waals surface area contributed by atoms with E-state index >= 15 is 0 Å². The van der Waals surface area contributed by atoms with Crippen molar-refractivity contribution in [1.29, 1.82) is 0 Å². The fraction of sp³-hybridized carbons (Fsp3) is 0.278. The second-order valence-corrected chi connectivity index (χ2v) is 7.59. The first-order valence-corrected chi connectivity index (χ1v) is 9.52. The Morgan fingerprint density at radius 2 is 1.96 bits per heavy atom. The molecule has 0 spiro atoms. The molecule has 1 aliphatic heterocycles. The lowest BCUT2D eigenvalue weighted by atomic mass is 10.0. The SMILES string of the molecule is COc1ccccc1CCNS(=O)(=O)c1ccc2c(c1)CCC(=O)N2. The first-order chi connectivity index (χ1) is 12.0. The number of para-hydroxylation sites is 1. The van der Waals surface area contributed by atoms with Crippen molar-refractivity contribution in [2.45, 2.75) is 24.2 Å². The molecule has 0 saturated heterocycles. The third kappa shape index (κ3) is 4.00. The minimum atomic E-state index is -3.60. The zero-order chi connectivity index (χ0) is 17.9. The standard InChI is InChI=1S/C18H20N2O4S/c1-24-17-5-3-2-4-13(17)10-11-19-25(22,23)15-7-8-16-14(12-15)6-9-18(21)20-16/h2-5,7-8,12,19H,6,9-11H2,1H3,(H,20,21). The van der Waals surface area contributed by atoms with Crippen LogP contribution >= 0.6 is 0 Å². The van der Waals surface area contributed by atoms with Crippen molar-refractivity contribution >= 4 is 21.6 Å². The Morgan fingerprint density at radius 3 is 2.76 bits per heavy atom. The van der Waals surface area contributed by atoms with E-state index in [1.54, 1.807) is 19.2 Å². The predicted molar refractivity (Wildman–Crippen MR) is 95.3 cm³/mol. The molecule has 0 radical (unpaired) electrons. The highest BCUT2D eigenvalue weighted by molar-refractivity contribution is 7.89. The molecule has 132 valence electrons. The fourth-order valence-corrected chi connectivity index (χ4v) is 3.92. The Hall–Kier alpha value is -2.38. The Balaban J connectivity index is 1.69. The number of carbonyl (C=O) groups excluding carboxylic acids is 1. The summed E-state index contributed by atoms with van der Waals surface area (Å²) in [4.78, 5) is 11.6. The molecule has 2 aromatic carbocycles. The number of benzene rings is 2. The number of nitrogens with one attached hydrogen (secondary N) is 2. The van der Waals surface area contributed by atoms with Gasteiger partial charge in [0.2, 0.25) is 15.9 Å². The molecule has 6 nitrogen and oxygen atoms in total. The molecule has 7 heteroatoms. The van der Waals surface area contributed by atoms with Crippen LogP contribution in [0.2, 0.25) is 0 Å². The Kier molecular flexibility index (Phi) is 5.06. The van der Waals surface area contributed by atoms with E-state index in [0.717, 1.165) is 16.9 Å². The van der Waals surface area contributed by atoms with Crippen LogP contribution in [0.3, 0.4) is 0 Å². The monoisotopic (exact) mass is 360 g/mol. The second-order valence-electron chi connectivity index (χ2n) is 5.83. The van der Waals surface area contributed by atoms with Gasteiger partial charge in [-0.1, -0.05) is 18.2 Å². The summed E-state index contributed by atoms with van der Waals surface area (Å²) in [5, 5.41) is 2.75. The maximum atomic E-state index is 12.5. The number of fused-ring (bicyclic) bond motifs is 1. The molecule has 2 aromatic rings. The van der Waals surface area contributed by atoms with E-state index in [4.69, 9.17) is 4.74 Å². The van der Waals surface area contributed by atoms with Crippen molar-refractivity contribution in [2.24, 2.45) is 0 Å². The van der Waals surface area contributed by atoms with Gasteiger partial charge in [0.25, 0.3) is 0 Å². The third-order valence-electron chi connectivity index (χ3n) is 4.16. The summed E-state index contributed by atoms with van der Waals surface area (Å²) in [5.41, 5.74) is 2.47. The number of ether oxygens (including phenoxy) is 1. The van der Waals surface area contributed by atoms with Crippen LogP contribution in [0.1, 0.15) is 17.5 Å². The van der Waals surface area contributed by atoms with Gasteiger partial charge in [0.15, 0.2) is 0 Å². The smallest absolute Gasteiger partial charge is 0.240 e. The van der Waals surface area contributed by atoms with Gasteiger partial charge in [-0.2, -0.15) is 0 Å². The lowest BCUT2D eigenvalue weighted by Gasteiger charge is -2.17. The van der Waals surface area contributed by atoms with Gasteiger partial charge >= 0.3 is 0 Å². The molecule has 25 heavy (non-hydrogen) atoms. The minimum absolute atomic E-state index is 0.0435. The highest BCUT2D eigenvalue weighted by atomic mass is 32.2. The molecule has 0 atom stereocenters. The van der Waals surface area contributed by atoms with Crippen LogP contribution in [0.5, 0.6) is 5.75 Å². The molecular weight excluding hydrogens is 340 g/mol. The highest BCUT2D eigenvalue weighted by Crippen LogP contribution is 2.25. The van der Waals surface area contributed by atoms with Gasteiger partial charge in [0, 0.05) is 18.7 Å². The number of anilines is 1. The number of aryl methyl sites for hydroxylation is 1. The minimum Gasteiger partial charge on any atom is -0.496 e. The van der Waals surface area contributed by atoms with Crippen molar-refractivity contribution in [3.05, 3.63) is 53.6 Å². The lowest BCUT2D eigenvalue weighted by Crippen LogP contribution is -2.26. The number of rotatable bonds is 6. The summed E-state index contributed by atoms with van der Waals surface area (Å²) in [6.45, 7) is 0.274. The number of hydrogen-bond acceptors (Lipinski definition) is 4. The first-order valence-electron chi connectivity index (χ1n) is 8.04. The maximum absolute atomic E-state index is 12.5. The molecule has 3 rings (SSSR count). The fourth-order valence-electron chi connectivity index (χ4n) is 2.84. The number of amides is 1. The molecular formula is C18H20N2O4S. The lowest BCUT2D eigenvalue weighted by molar-refractivity contribution is -0.116. The molecule has 1 aliphatic rings. The van der Waals surface area contributed by atoms with E-state index in [-0.39, 0.29) is 17.3 Å². The number of sulfonamides is 1. The van der Waals surface area contributed by atoms with Gasteiger partial charge in [0.1, 0.15) is 5.75 Å². The van der Waals surface area contributed by atoms with Gasteiger partial charge in [-0.3, -0.25) is 4.79 Å². The summed E-state index contributed by atoms with van der Waals surface area (Å²) in [5.74, 6) is 0.698. The average molecular weight is 360 g/mol. The summed E-state index contributed by atoms with van der Waals surface area (Å²) < 4.78 is 32.9. The molecule has 2 N–H and O–H groups in total. The van der Waals surface area contributed by atoms with Gasteiger partial charge in [-0.15, -0.1) is 0 Å². The van der Waals surface area contributed by atoms with E-state index in [1.165, 1.54) is 6.07 Å². The molecule has 1 amide bonds. The first kappa shape index (κ1) is 17.4. The molecule has 0 unspecified atom stereocenters. The molecule has 0 aliphatic carbocycles. The number of hydrogen-bond donors (Lipinski definition) is 2. The summed E-state index contributed by atoms with van der Waals surface area (Å²) >= 11 is 0. The topological polar surface area (TPSA) is 84.5 Å². The summed E-state index contributed by atoms with van der Waals surface area (Å²) in [6.07, 6.45) is 1.45. The van der Waals surface area contributed by atoms with Crippen LogP contribution < -0.4 is 14.8 Å². The normalized spacial score (nSPS) is 13.9. The zero-order valence-electron chi connectivity index (χ0n) is 13.9. The van der Waals surface area contributed by atoms with Crippen molar-refractivity contribution < 1.29 is 17.9 Å². The molecule has 0 aromatic heterocycles. The molecule has 1 heterocycles. The molecule has 0 saturated carbocycles. The van der Waals surface area contributed by atoms with E-state index in [9.17, 15) is 13.2 Å². The van der Waals surface area contributed by atoms with Crippen LogP contribution in [0.4, 0.5) is 5.69 Å². The van der Waals surface area contributed by atoms with Gasteiger partial charge in [-0.25, -0.2) is 13.1 Å². The molecule has 0 bridgehead atoms. The number of carbonyl (C=O) groups is 1. The maximum Gasteiger partial charge on any atom is 0.240 e. The van der Waals surface area contributed by atoms with E-state index in [1.807, 2.05) is 24.3 Å². The van der Waals surface area contributed by atoms with Crippen LogP contribution in [0.25, 0.3) is 0 Å². The zero-order valence-corrected chi connectivity index (χ0v) is 14.7. The largest absolute Gasteiger partial charge is 0.496 e. The summed E-state index contributed by atoms with van der Waals surface area (Å²) in [7, 11) is -2.01. The quantitative estimate of drug-likeness (QED) is 0.826. The summed E-state index contributed by atoms with van der Waals surface area (Å²) in [6, 6.07) is 12.3. The van der Waals surface area contributed by atoms with Crippen LogP contribution in [0.15, 0.2) is 47.4 Å². The van der Waals surface area contributed by atoms with Crippen molar-refractivity contribution in [2.75, 3.05) is 19.0 Å². The van der Waals surface area contributed by atoms with Crippen molar-refractivity contribution in [3.8, 4) is 5.75 Å². The van der Waals surface area contributed by atoms with Crippen LogP contribution in [-0.4, -0.2) is 28.0 Å². The van der Waals surface area contributed by atoms with Crippen molar-refractivity contribution in [1.82, 2.24) is 4.72 Å². The average Bonchev–Trinajstić information content (AvgIpc) is 2.61. The molecule has 0 fully saturated rings.